The van der Waals surface area contributed by atoms with Gasteiger partial charge >= 0.3 is 8.03 Å². The Bertz CT molecular complexity index is 424. The molecule has 2 atom stereocenters. The van der Waals surface area contributed by atoms with Crippen LogP contribution in [0.3, 0.4) is 0 Å². The van der Waals surface area contributed by atoms with Crippen LogP contribution in [0.1, 0.15) is 39.2 Å². The van der Waals surface area contributed by atoms with E-state index in [4.69, 9.17) is 0 Å². The van der Waals surface area contributed by atoms with Crippen LogP contribution < -0.4 is 5.32 Å². The van der Waals surface area contributed by atoms with Crippen LogP contribution in [0, 0.1) is 0 Å². The second kappa shape index (κ2) is 9.26. The molecule has 5 heteroatoms. The molecule has 21 heavy (non-hydrogen) atoms. The van der Waals surface area contributed by atoms with Crippen molar-refractivity contribution >= 4 is 8.03 Å². The van der Waals surface area contributed by atoms with Gasteiger partial charge in [-0.2, -0.15) is 4.89 Å². The van der Waals surface area contributed by atoms with Crippen LogP contribution in [0.2, 0.25) is 0 Å². The summed E-state index contributed by atoms with van der Waals surface area (Å²) >= 11 is 0. The molecule has 0 radical (unpaired) electrons. The minimum atomic E-state index is -2.26. The molecule has 4 nitrogen and oxygen atoms in total. The van der Waals surface area contributed by atoms with E-state index in [-0.39, 0.29) is 0 Å². The first-order valence-corrected chi connectivity index (χ1v) is 8.90. The lowest BCUT2D eigenvalue weighted by Crippen LogP contribution is -2.39. The fourth-order valence-electron chi connectivity index (χ4n) is 2.33. The van der Waals surface area contributed by atoms with E-state index >= 15 is 0 Å². The third-order valence-electron chi connectivity index (χ3n) is 3.97. The van der Waals surface area contributed by atoms with Crippen LogP contribution >= 0.6 is 8.03 Å². The van der Waals surface area contributed by atoms with Gasteiger partial charge in [-0.05, 0) is 36.2 Å². The Hall–Kier alpha value is -0.800. The standard InChI is InChI=1S/C16H27N2O2P/c1-4-18(5-2)13-9-12-16(3,21(19)20)17-14-15-10-7-6-8-11-15/h6-8,10-11,17H,4-5,9,12-14H2,1-3H3/p+1. The van der Waals surface area contributed by atoms with Crippen molar-refractivity contribution in [3.05, 3.63) is 35.9 Å². The maximum atomic E-state index is 11.7. The molecule has 0 aliphatic rings. The van der Waals surface area contributed by atoms with Crippen LogP contribution in [0.5, 0.6) is 0 Å². The summed E-state index contributed by atoms with van der Waals surface area (Å²) in [5.74, 6) is 0. The molecule has 0 saturated carbocycles. The fraction of sp³-hybridized carbons (Fsp3) is 0.625. The minimum Gasteiger partial charge on any atom is -0.304 e. The second-order valence-corrected chi connectivity index (χ2v) is 7.05. The van der Waals surface area contributed by atoms with Gasteiger partial charge in [0, 0.05) is 19.9 Å². The zero-order valence-electron chi connectivity index (χ0n) is 13.4. The maximum absolute atomic E-state index is 11.7. The van der Waals surface area contributed by atoms with Crippen LogP contribution in [-0.2, 0) is 11.1 Å². The van der Waals surface area contributed by atoms with E-state index in [1.807, 2.05) is 37.3 Å². The number of hydrogen-bond donors (Lipinski definition) is 2. The van der Waals surface area contributed by atoms with Gasteiger partial charge in [0.1, 0.15) is 0 Å². The second-order valence-electron chi connectivity index (χ2n) is 5.52. The van der Waals surface area contributed by atoms with Crippen molar-refractivity contribution in [1.82, 2.24) is 10.2 Å². The summed E-state index contributed by atoms with van der Waals surface area (Å²) in [7, 11) is -2.26. The predicted octanol–water partition coefficient (Wildman–Crippen LogP) is 3.35. The van der Waals surface area contributed by atoms with E-state index < -0.39 is 13.3 Å². The van der Waals surface area contributed by atoms with Gasteiger partial charge in [0.05, 0.1) is 0 Å². The summed E-state index contributed by atoms with van der Waals surface area (Å²) < 4.78 is 11.7. The Balaban J connectivity index is 2.51. The average Bonchev–Trinajstić information content (AvgIpc) is 2.50. The van der Waals surface area contributed by atoms with Gasteiger partial charge < -0.3 is 4.90 Å². The van der Waals surface area contributed by atoms with Crippen molar-refractivity contribution in [3.8, 4) is 0 Å². The number of nitrogens with zero attached hydrogens (tertiary/aromatic N) is 1. The molecule has 0 fully saturated rings. The van der Waals surface area contributed by atoms with Gasteiger partial charge in [-0.15, -0.1) is 0 Å². The van der Waals surface area contributed by atoms with Gasteiger partial charge in [0.2, 0.25) is 5.28 Å². The zero-order chi connectivity index (χ0) is 15.7. The molecule has 0 bridgehead atoms. The summed E-state index contributed by atoms with van der Waals surface area (Å²) in [6.07, 6.45) is 1.61. The van der Waals surface area contributed by atoms with Crippen molar-refractivity contribution in [2.45, 2.75) is 45.4 Å². The van der Waals surface area contributed by atoms with Crippen LogP contribution in [0.15, 0.2) is 30.3 Å². The molecule has 1 rings (SSSR count). The van der Waals surface area contributed by atoms with E-state index in [1.165, 1.54) is 0 Å². The molecule has 0 aliphatic heterocycles. The lowest BCUT2D eigenvalue weighted by molar-refractivity contribution is 0.281. The van der Waals surface area contributed by atoms with E-state index in [0.717, 1.165) is 31.6 Å². The Kier molecular flexibility index (Phi) is 8.05. The highest BCUT2D eigenvalue weighted by molar-refractivity contribution is 7.39. The third-order valence-corrected chi connectivity index (χ3v) is 5.20. The molecule has 0 aliphatic carbocycles. The monoisotopic (exact) mass is 311 g/mol. The normalized spacial score (nSPS) is 15.0. The van der Waals surface area contributed by atoms with Crippen LogP contribution in [0.25, 0.3) is 0 Å². The predicted molar refractivity (Wildman–Crippen MR) is 88.5 cm³/mol. The fourth-order valence-corrected chi connectivity index (χ4v) is 2.89. The van der Waals surface area contributed by atoms with E-state index in [0.29, 0.717) is 13.0 Å². The smallest absolute Gasteiger partial charge is 0.304 e. The first-order valence-electron chi connectivity index (χ1n) is 7.69. The molecule has 2 N–H and O–H groups in total. The Morgan fingerprint density at radius 3 is 2.38 bits per heavy atom. The molecule has 1 aromatic carbocycles. The highest BCUT2D eigenvalue weighted by Crippen LogP contribution is 2.36. The summed E-state index contributed by atoms with van der Waals surface area (Å²) in [4.78, 5) is 12.0. The summed E-state index contributed by atoms with van der Waals surface area (Å²) in [5.41, 5.74) is 1.13. The van der Waals surface area contributed by atoms with Crippen LogP contribution in [-0.4, -0.2) is 34.7 Å². The molecule has 1 aromatic rings. The lowest BCUT2D eigenvalue weighted by Gasteiger charge is -2.22. The SMILES string of the molecule is CCN(CC)CCCC(C)(NCc1ccccc1)[P+](=O)O. The molecule has 0 spiro atoms. The molecule has 118 valence electrons. The third kappa shape index (κ3) is 6.23. The van der Waals surface area contributed by atoms with Gasteiger partial charge in [-0.3, -0.25) is 5.32 Å². The first-order chi connectivity index (χ1) is 10.0. The van der Waals surface area contributed by atoms with Gasteiger partial charge in [0.25, 0.3) is 0 Å². The summed E-state index contributed by atoms with van der Waals surface area (Å²) in [6.45, 7) is 9.76. The zero-order valence-corrected chi connectivity index (χ0v) is 14.3. The highest BCUT2D eigenvalue weighted by atomic mass is 31.1. The van der Waals surface area contributed by atoms with Crippen molar-refractivity contribution in [1.29, 1.82) is 0 Å². The van der Waals surface area contributed by atoms with Crippen molar-refractivity contribution in [2.24, 2.45) is 0 Å². The molecule has 0 saturated heterocycles. The van der Waals surface area contributed by atoms with Gasteiger partial charge in [0.15, 0.2) is 0 Å². The van der Waals surface area contributed by atoms with Gasteiger partial charge in [-0.1, -0.05) is 44.2 Å². The Labute approximate surface area is 129 Å². The van der Waals surface area contributed by atoms with Crippen molar-refractivity contribution in [2.75, 3.05) is 19.6 Å². The Morgan fingerprint density at radius 2 is 1.86 bits per heavy atom. The van der Waals surface area contributed by atoms with Crippen molar-refractivity contribution < 1.29 is 9.46 Å². The van der Waals surface area contributed by atoms with E-state index in [9.17, 15) is 9.46 Å². The van der Waals surface area contributed by atoms with E-state index in [2.05, 4.69) is 24.1 Å². The quantitative estimate of drug-likeness (QED) is 0.651. The molecule has 0 heterocycles. The first kappa shape index (κ1) is 18.2. The molecular weight excluding hydrogens is 283 g/mol. The van der Waals surface area contributed by atoms with Gasteiger partial charge in [-0.25, -0.2) is 0 Å². The lowest BCUT2D eigenvalue weighted by atomic mass is 10.1. The number of nitrogens with one attached hydrogen (secondary N) is 1. The molecule has 2 unspecified atom stereocenters. The minimum absolute atomic E-state index is 0.615. The Morgan fingerprint density at radius 1 is 1.24 bits per heavy atom. The summed E-state index contributed by atoms with van der Waals surface area (Å²) in [5, 5.41) is 2.55. The average molecular weight is 311 g/mol. The largest absolute Gasteiger partial charge is 0.527 e. The van der Waals surface area contributed by atoms with Crippen molar-refractivity contribution in [3.63, 3.8) is 0 Å². The number of rotatable bonds is 10. The number of hydrogen-bond acceptors (Lipinski definition) is 3. The maximum Gasteiger partial charge on any atom is 0.527 e. The number of benzene rings is 1. The molecule has 0 aromatic heterocycles. The molecular formula is C16H28N2O2P+. The summed E-state index contributed by atoms with van der Waals surface area (Å²) in [6, 6.07) is 9.97. The topological polar surface area (TPSA) is 52.6 Å². The van der Waals surface area contributed by atoms with Crippen LogP contribution in [0.4, 0.5) is 0 Å². The molecule has 0 amide bonds. The highest BCUT2D eigenvalue weighted by Gasteiger charge is 2.43. The van der Waals surface area contributed by atoms with E-state index in [1.54, 1.807) is 0 Å².